The molecule has 0 heterocycles. The van der Waals surface area contributed by atoms with Crippen LogP contribution in [0.5, 0.6) is 5.75 Å². The monoisotopic (exact) mass is 255 g/mol. The summed E-state index contributed by atoms with van der Waals surface area (Å²) in [4.78, 5) is 24.0. The quantitative estimate of drug-likeness (QED) is 0.501. The van der Waals surface area contributed by atoms with Gasteiger partial charge in [-0.15, -0.1) is 0 Å². The van der Waals surface area contributed by atoms with Crippen LogP contribution in [0.4, 0.5) is 5.69 Å². The predicted octanol–water partition coefficient (Wildman–Crippen LogP) is 2.41. The van der Waals surface area contributed by atoms with E-state index in [9.17, 15) is 14.7 Å². The summed E-state index contributed by atoms with van der Waals surface area (Å²) in [6.07, 6.45) is 0. The van der Waals surface area contributed by atoms with E-state index in [0.717, 1.165) is 0 Å². The van der Waals surface area contributed by atoms with Gasteiger partial charge in [0.2, 0.25) is 0 Å². The summed E-state index contributed by atoms with van der Waals surface area (Å²) in [6, 6.07) is 11.3. The fourth-order valence-corrected chi connectivity index (χ4v) is 1.92. The molecule has 0 saturated heterocycles. The Morgan fingerprint density at radius 3 is 2.26 bits per heavy atom. The molecule has 4 nitrogen and oxygen atoms in total. The number of benzene rings is 2. The summed E-state index contributed by atoms with van der Waals surface area (Å²) >= 11 is 0. The Balaban J connectivity index is 2.61. The first kappa shape index (κ1) is 12.8. The number of aromatic hydroxyl groups is 1. The number of carbonyl (C=O) groups is 2. The lowest BCUT2D eigenvalue weighted by atomic mass is 9.95. The van der Waals surface area contributed by atoms with Crippen molar-refractivity contribution in [2.24, 2.45) is 0 Å². The van der Waals surface area contributed by atoms with Crippen LogP contribution in [0.25, 0.3) is 0 Å². The van der Waals surface area contributed by atoms with Crippen molar-refractivity contribution < 1.29 is 14.7 Å². The number of ketones is 2. The van der Waals surface area contributed by atoms with Crippen LogP contribution in [0.3, 0.4) is 0 Å². The standard InChI is InChI=1S/C15H13NO3/c1-9(17)13-11(7-8-12(18)14(13)16)15(19)10-5-3-2-4-6-10/h2-8,18H,16H2,1H3. The number of nitrogens with two attached hydrogens (primary N) is 1. The van der Waals surface area contributed by atoms with E-state index < -0.39 is 0 Å². The van der Waals surface area contributed by atoms with E-state index in [0.29, 0.717) is 5.56 Å². The van der Waals surface area contributed by atoms with Crippen molar-refractivity contribution >= 4 is 17.3 Å². The number of phenolic OH excluding ortho intramolecular Hbond substituents is 1. The third-order valence-corrected chi connectivity index (χ3v) is 2.86. The molecule has 2 rings (SSSR count). The Bertz CT molecular complexity index is 648. The molecule has 0 unspecified atom stereocenters. The second-order valence-electron chi connectivity index (χ2n) is 4.17. The molecule has 0 aliphatic heterocycles. The summed E-state index contributed by atoms with van der Waals surface area (Å²) in [6.45, 7) is 1.31. The second kappa shape index (κ2) is 4.94. The molecular weight excluding hydrogens is 242 g/mol. The van der Waals surface area contributed by atoms with Crippen molar-refractivity contribution in [3.63, 3.8) is 0 Å². The van der Waals surface area contributed by atoms with Crippen LogP contribution < -0.4 is 5.73 Å². The number of nitrogen functional groups attached to an aromatic ring is 1. The molecule has 0 bridgehead atoms. The topological polar surface area (TPSA) is 80.4 Å². The molecule has 0 radical (unpaired) electrons. The van der Waals surface area contributed by atoms with Gasteiger partial charge in [0.25, 0.3) is 0 Å². The Morgan fingerprint density at radius 2 is 1.68 bits per heavy atom. The van der Waals surface area contributed by atoms with Gasteiger partial charge in [0.15, 0.2) is 11.6 Å². The van der Waals surface area contributed by atoms with Crippen LogP contribution in [0.2, 0.25) is 0 Å². The molecule has 96 valence electrons. The summed E-state index contributed by atoms with van der Waals surface area (Å²) in [5.41, 5.74) is 6.35. The van der Waals surface area contributed by atoms with Crippen LogP contribution in [0, 0.1) is 0 Å². The minimum atomic E-state index is -0.354. The van der Waals surface area contributed by atoms with E-state index in [1.165, 1.54) is 19.1 Å². The van der Waals surface area contributed by atoms with Crippen LogP contribution in [-0.2, 0) is 0 Å². The molecule has 0 atom stereocenters. The molecule has 0 saturated carbocycles. The number of hydrogen-bond donors (Lipinski definition) is 2. The van der Waals surface area contributed by atoms with Crippen molar-refractivity contribution in [3.05, 3.63) is 59.2 Å². The maximum absolute atomic E-state index is 12.3. The second-order valence-corrected chi connectivity index (χ2v) is 4.17. The summed E-state index contributed by atoms with van der Waals surface area (Å²) < 4.78 is 0. The first-order valence-corrected chi connectivity index (χ1v) is 5.74. The summed E-state index contributed by atoms with van der Waals surface area (Å²) in [5.74, 6) is -0.847. The third kappa shape index (κ3) is 2.33. The SMILES string of the molecule is CC(=O)c1c(C(=O)c2ccccc2)ccc(O)c1N. The van der Waals surface area contributed by atoms with Gasteiger partial charge in [-0.25, -0.2) is 0 Å². The maximum atomic E-state index is 12.3. The number of phenols is 1. The molecule has 3 N–H and O–H groups in total. The normalized spacial score (nSPS) is 10.2. The molecule has 0 aliphatic carbocycles. The molecule has 0 spiro atoms. The zero-order valence-electron chi connectivity index (χ0n) is 10.4. The van der Waals surface area contributed by atoms with Gasteiger partial charge in [-0.1, -0.05) is 30.3 Å². The van der Waals surface area contributed by atoms with Crippen LogP contribution in [0.1, 0.15) is 33.2 Å². The van der Waals surface area contributed by atoms with E-state index in [4.69, 9.17) is 5.73 Å². The van der Waals surface area contributed by atoms with Gasteiger partial charge < -0.3 is 10.8 Å². The Morgan fingerprint density at radius 1 is 1.05 bits per heavy atom. The first-order valence-electron chi connectivity index (χ1n) is 5.74. The Kier molecular flexibility index (Phi) is 3.33. The first-order chi connectivity index (χ1) is 9.02. The minimum Gasteiger partial charge on any atom is -0.506 e. The van der Waals surface area contributed by atoms with Crippen molar-refractivity contribution in [1.29, 1.82) is 0 Å². The van der Waals surface area contributed by atoms with Gasteiger partial charge in [0, 0.05) is 11.1 Å². The smallest absolute Gasteiger partial charge is 0.193 e. The van der Waals surface area contributed by atoms with Crippen LogP contribution in [-0.4, -0.2) is 16.7 Å². The molecule has 0 aromatic heterocycles. The fourth-order valence-electron chi connectivity index (χ4n) is 1.92. The molecule has 0 aliphatic rings. The Labute approximate surface area is 110 Å². The lowest BCUT2D eigenvalue weighted by Gasteiger charge is -2.10. The minimum absolute atomic E-state index is 0.0609. The largest absolute Gasteiger partial charge is 0.506 e. The zero-order chi connectivity index (χ0) is 14.0. The van der Waals surface area contributed by atoms with Gasteiger partial charge in [-0.2, -0.15) is 0 Å². The lowest BCUT2D eigenvalue weighted by molar-refractivity contribution is 0.0991. The molecule has 4 heteroatoms. The average molecular weight is 255 g/mol. The van der Waals surface area contributed by atoms with E-state index in [1.807, 2.05) is 0 Å². The molecule has 2 aromatic carbocycles. The summed E-state index contributed by atoms with van der Waals surface area (Å²) in [7, 11) is 0. The Hall–Kier alpha value is -2.62. The van der Waals surface area contributed by atoms with Crippen LogP contribution >= 0.6 is 0 Å². The zero-order valence-corrected chi connectivity index (χ0v) is 10.4. The van der Waals surface area contributed by atoms with Crippen molar-refractivity contribution in [2.45, 2.75) is 6.92 Å². The number of rotatable bonds is 3. The van der Waals surface area contributed by atoms with Crippen molar-refractivity contribution in [1.82, 2.24) is 0 Å². The summed E-state index contributed by atoms with van der Waals surface area (Å²) in [5, 5.41) is 9.54. The van der Waals surface area contributed by atoms with E-state index in [2.05, 4.69) is 0 Å². The highest BCUT2D eigenvalue weighted by Crippen LogP contribution is 2.29. The van der Waals surface area contributed by atoms with E-state index in [1.54, 1.807) is 30.3 Å². The molecule has 0 amide bonds. The number of Topliss-reactive ketones (excluding diaryl/α,β-unsaturated/α-hetero) is 1. The average Bonchev–Trinajstić information content (AvgIpc) is 2.41. The number of hydrogen-bond acceptors (Lipinski definition) is 4. The predicted molar refractivity (Wildman–Crippen MR) is 72.4 cm³/mol. The maximum Gasteiger partial charge on any atom is 0.193 e. The number of carbonyl (C=O) groups excluding carboxylic acids is 2. The van der Waals surface area contributed by atoms with E-state index in [-0.39, 0.29) is 34.1 Å². The van der Waals surface area contributed by atoms with Gasteiger partial charge in [0.05, 0.1) is 11.3 Å². The lowest BCUT2D eigenvalue weighted by Crippen LogP contribution is -2.11. The number of anilines is 1. The highest BCUT2D eigenvalue weighted by molar-refractivity contribution is 6.17. The molecule has 19 heavy (non-hydrogen) atoms. The molecular formula is C15H13NO3. The van der Waals surface area contributed by atoms with Gasteiger partial charge in [-0.3, -0.25) is 9.59 Å². The van der Waals surface area contributed by atoms with Crippen molar-refractivity contribution in [2.75, 3.05) is 5.73 Å². The van der Waals surface area contributed by atoms with Crippen LogP contribution in [0.15, 0.2) is 42.5 Å². The highest BCUT2D eigenvalue weighted by Gasteiger charge is 2.20. The van der Waals surface area contributed by atoms with Gasteiger partial charge in [-0.05, 0) is 19.1 Å². The van der Waals surface area contributed by atoms with Gasteiger partial charge in [0.1, 0.15) is 5.75 Å². The third-order valence-electron chi connectivity index (χ3n) is 2.86. The highest BCUT2D eigenvalue weighted by atomic mass is 16.3. The molecule has 2 aromatic rings. The fraction of sp³-hybridized carbons (Fsp3) is 0.0667. The molecule has 0 fully saturated rings. The van der Waals surface area contributed by atoms with E-state index >= 15 is 0 Å². The van der Waals surface area contributed by atoms with Gasteiger partial charge >= 0.3 is 0 Å². The van der Waals surface area contributed by atoms with Crippen molar-refractivity contribution in [3.8, 4) is 5.75 Å².